The predicted octanol–water partition coefficient (Wildman–Crippen LogP) is 5.60. The van der Waals surface area contributed by atoms with Crippen molar-refractivity contribution in [3.05, 3.63) is 119 Å². The highest BCUT2D eigenvalue weighted by Crippen LogP contribution is 2.33. The summed E-state index contributed by atoms with van der Waals surface area (Å²) >= 11 is 0. The maximum absolute atomic E-state index is 14.6. The molecule has 1 atom stereocenters. The first-order valence-corrected chi connectivity index (χ1v) is 16.9. The van der Waals surface area contributed by atoms with E-state index >= 15 is 0 Å². The van der Waals surface area contributed by atoms with Crippen LogP contribution in [0.4, 0.5) is 5.69 Å². The van der Waals surface area contributed by atoms with Gasteiger partial charge in [0.2, 0.25) is 11.8 Å². The first kappa shape index (κ1) is 35.0. The van der Waals surface area contributed by atoms with Gasteiger partial charge in [-0.25, -0.2) is 8.42 Å². The minimum Gasteiger partial charge on any atom is -0.493 e. The van der Waals surface area contributed by atoms with Crippen LogP contribution in [-0.2, 0) is 32.6 Å². The fourth-order valence-electron chi connectivity index (χ4n) is 5.58. The fourth-order valence-corrected chi connectivity index (χ4v) is 6.99. The number of aryl methyl sites for hydroxylation is 3. The number of nitrogens with one attached hydrogen (secondary N) is 1. The molecule has 9 nitrogen and oxygen atoms in total. The van der Waals surface area contributed by atoms with Crippen LogP contribution in [0, 0.1) is 20.8 Å². The molecule has 2 amide bonds. The number of ether oxygens (including phenoxy) is 2. The molecule has 0 spiro atoms. The molecule has 0 unspecified atom stereocenters. The molecule has 0 aromatic heterocycles. The summed E-state index contributed by atoms with van der Waals surface area (Å²) in [5, 5.41) is 2.89. The standard InChI is InChI=1S/C37H43N3O6S/c1-7-38-37(42)33(22-29-13-9-8-10-14-29)39(24-30-15-11-12-26(2)19-30)36(41)25-40(31-20-27(3)18-28(4)21-31)47(43,44)32-16-17-34(45-5)35(23-32)46-6/h8-21,23,33H,7,22,24-25H2,1-6H3,(H,38,42)/t33-/m0/s1. The number of carbonyl (C=O) groups excluding carboxylic acids is 2. The quantitative estimate of drug-likeness (QED) is 0.189. The number of benzene rings is 4. The van der Waals surface area contributed by atoms with Gasteiger partial charge in [-0.2, -0.15) is 0 Å². The molecule has 4 aromatic rings. The van der Waals surface area contributed by atoms with Gasteiger partial charge in [0.25, 0.3) is 10.0 Å². The van der Waals surface area contributed by atoms with Crippen molar-refractivity contribution in [3.63, 3.8) is 0 Å². The second kappa shape index (κ2) is 15.6. The maximum atomic E-state index is 14.6. The van der Waals surface area contributed by atoms with Crippen molar-refractivity contribution in [2.45, 2.75) is 51.6 Å². The lowest BCUT2D eigenvalue weighted by Gasteiger charge is -2.34. The third-order valence-electron chi connectivity index (χ3n) is 7.77. The van der Waals surface area contributed by atoms with Gasteiger partial charge in [0.05, 0.1) is 24.8 Å². The molecule has 4 aromatic carbocycles. The Balaban J connectivity index is 1.85. The van der Waals surface area contributed by atoms with Crippen LogP contribution in [0.5, 0.6) is 11.5 Å². The Hall–Kier alpha value is -4.83. The number of hydrogen-bond acceptors (Lipinski definition) is 6. The summed E-state index contributed by atoms with van der Waals surface area (Å²) in [5.41, 5.74) is 4.69. The highest BCUT2D eigenvalue weighted by molar-refractivity contribution is 7.92. The predicted molar refractivity (Wildman–Crippen MR) is 184 cm³/mol. The average molecular weight is 658 g/mol. The number of sulfonamides is 1. The van der Waals surface area contributed by atoms with Crippen LogP contribution >= 0.6 is 0 Å². The van der Waals surface area contributed by atoms with Gasteiger partial charge in [0.15, 0.2) is 11.5 Å². The van der Waals surface area contributed by atoms with Gasteiger partial charge in [-0.1, -0.05) is 66.2 Å². The molecule has 0 aliphatic carbocycles. The number of nitrogens with zero attached hydrogens (tertiary/aromatic N) is 2. The Bertz CT molecular complexity index is 1790. The van der Waals surface area contributed by atoms with E-state index in [-0.39, 0.29) is 29.5 Å². The lowest BCUT2D eigenvalue weighted by atomic mass is 10.0. The molecule has 47 heavy (non-hydrogen) atoms. The van der Waals surface area contributed by atoms with Crippen molar-refractivity contribution in [1.82, 2.24) is 10.2 Å². The third-order valence-corrected chi connectivity index (χ3v) is 9.54. The monoisotopic (exact) mass is 657 g/mol. The Morgan fingerprint density at radius 3 is 2.04 bits per heavy atom. The molecule has 0 radical (unpaired) electrons. The molecule has 0 aliphatic heterocycles. The number of carbonyl (C=O) groups is 2. The molecule has 0 aliphatic rings. The number of rotatable bonds is 14. The zero-order valence-corrected chi connectivity index (χ0v) is 28.6. The van der Waals surface area contributed by atoms with E-state index in [1.807, 2.05) is 88.4 Å². The van der Waals surface area contributed by atoms with E-state index < -0.39 is 28.5 Å². The van der Waals surface area contributed by atoms with Crippen LogP contribution < -0.4 is 19.1 Å². The van der Waals surface area contributed by atoms with Gasteiger partial charge in [0.1, 0.15) is 12.6 Å². The molecular weight excluding hydrogens is 614 g/mol. The van der Waals surface area contributed by atoms with Crippen LogP contribution in [0.25, 0.3) is 0 Å². The highest BCUT2D eigenvalue weighted by Gasteiger charge is 2.35. The van der Waals surface area contributed by atoms with E-state index in [1.165, 1.54) is 37.3 Å². The maximum Gasteiger partial charge on any atom is 0.264 e. The molecule has 0 fully saturated rings. The number of anilines is 1. The second-order valence-corrected chi connectivity index (χ2v) is 13.3. The van der Waals surface area contributed by atoms with Crippen molar-refractivity contribution < 1.29 is 27.5 Å². The normalized spacial score (nSPS) is 11.8. The topological polar surface area (TPSA) is 105 Å². The fraction of sp³-hybridized carbons (Fsp3) is 0.297. The van der Waals surface area contributed by atoms with E-state index in [9.17, 15) is 18.0 Å². The summed E-state index contributed by atoms with van der Waals surface area (Å²) in [6.07, 6.45) is 0.246. The molecule has 0 bridgehead atoms. The smallest absolute Gasteiger partial charge is 0.264 e. The summed E-state index contributed by atoms with van der Waals surface area (Å²) in [4.78, 5) is 29.7. The first-order valence-electron chi connectivity index (χ1n) is 15.5. The molecule has 0 saturated carbocycles. The van der Waals surface area contributed by atoms with E-state index in [4.69, 9.17) is 9.47 Å². The second-order valence-electron chi connectivity index (χ2n) is 11.5. The summed E-state index contributed by atoms with van der Waals surface area (Å²) < 4.78 is 40.8. The van der Waals surface area contributed by atoms with E-state index in [1.54, 1.807) is 12.1 Å². The van der Waals surface area contributed by atoms with Crippen LogP contribution in [0.2, 0.25) is 0 Å². The zero-order valence-electron chi connectivity index (χ0n) is 27.8. The van der Waals surface area contributed by atoms with Crippen molar-refractivity contribution in [2.75, 3.05) is 31.6 Å². The number of methoxy groups -OCH3 is 2. The minimum atomic E-state index is -4.32. The van der Waals surface area contributed by atoms with Crippen molar-refractivity contribution >= 4 is 27.5 Å². The van der Waals surface area contributed by atoms with Crippen LogP contribution in [0.15, 0.2) is 95.9 Å². The Morgan fingerprint density at radius 2 is 1.43 bits per heavy atom. The highest BCUT2D eigenvalue weighted by atomic mass is 32.2. The Morgan fingerprint density at radius 1 is 0.766 bits per heavy atom. The summed E-state index contributed by atoms with van der Waals surface area (Å²) in [6.45, 7) is 7.45. The van der Waals surface area contributed by atoms with Crippen molar-refractivity contribution in [2.24, 2.45) is 0 Å². The van der Waals surface area contributed by atoms with E-state index in [0.29, 0.717) is 18.0 Å². The first-order chi connectivity index (χ1) is 22.5. The van der Waals surface area contributed by atoms with Crippen LogP contribution in [-0.4, -0.2) is 58.5 Å². The molecule has 0 saturated heterocycles. The van der Waals surface area contributed by atoms with E-state index in [0.717, 1.165) is 32.1 Å². The molecular formula is C37H43N3O6S. The van der Waals surface area contributed by atoms with E-state index in [2.05, 4.69) is 5.32 Å². The molecule has 0 heterocycles. The average Bonchev–Trinajstić information content (AvgIpc) is 3.04. The third kappa shape index (κ3) is 8.71. The van der Waals surface area contributed by atoms with Gasteiger partial charge in [-0.05, 0) is 74.2 Å². The van der Waals surface area contributed by atoms with Crippen molar-refractivity contribution in [3.8, 4) is 11.5 Å². The summed E-state index contributed by atoms with van der Waals surface area (Å²) in [6, 6.07) is 26.0. The molecule has 4 rings (SSSR count). The van der Waals surface area contributed by atoms with Gasteiger partial charge < -0.3 is 19.7 Å². The van der Waals surface area contributed by atoms with Crippen LogP contribution in [0.3, 0.4) is 0 Å². The van der Waals surface area contributed by atoms with Crippen molar-refractivity contribution in [1.29, 1.82) is 0 Å². The zero-order chi connectivity index (χ0) is 34.1. The number of hydrogen-bond donors (Lipinski definition) is 1. The van der Waals surface area contributed by atoms with Crippen LogP contribution in [0.1, 0.15) is 34.7 Å². The lowest BCUT2D eigenvalue weighted by Crippen LogP contribution is -2.53. The SMILES string of the molecule is CCNC(=O)[C@H](Cc1ccccc1)N(Cc1cccc(C)c1)C(=O)CN(c1cc(C)cc(C)c1)S(=O)(=O)c1ccc(OC)c(OC)c1. The molecule has 1 N–H and O–H groups in total. The number of likely N-dealkylation sites (N-methyl/N-ethyl adjacent to an activating group) is 1. The lowest BCUT2D eigenvalue weighted by molar-refractivity contribution is -0.140. The Labute approximate surface area is 278 Å². The van der Waals surface area contributed by atoms with Gasteiger partial charge in [0, 0.05) is 25.6 Å². The van der Waals surface area contributed by atoms with Gasteiger partial charge >= 0.3 is 0 Å². The molecule has 248 valence electrons. The Kier molecular flexibility index (Phi) is 11.7. The summed E-state index contributed by atoms with van der Waals surface area (Å²) in [7, 11) is -1.42. The number of amides is 2. The van der Waals surface area contributed by atoms with Gasteiger partial charge in [-0.3, -0.25) is 13.9 Å². The largest absolute Gasteiger partial charge is 0.493 e. The van der Waals surface area contributed by atoms with Gasteiger partial charge in [-0.15, -0.1) is 0 Å². The minimum absolute atomic E-state index is 0.0723. The molecule has 10 heteroatoms. The summed E-state index contributed by atoms with van der Waals surface area (Å²) in [5.74, 6) is -0.240.